The zero-order valence-corrected chi connectivity index (χ0v) is 12.7. The normalized spacial score (nSPS) is 19.2. The molecule has 0 aliphatic carbocycles. The van der Waals surface area contributed by atoms with Crippen LogP contribution in [-0.4, -0.2) is 19.7 Å². The van der Waals surface area contributed by atoms with Gasteiger partial charge in [0.05, 0.1) is 16.7 Å². The molecule has 1 unspecified atom stereocenters. The minimum atomic E-state index is 0.550. The number of hydrogen-bond donors (Lipinski definition) is 1. The van der Waals surface area contributed by atoms with Gasteiger partial charge in [0.15, 0.2) is 0 Å². The molecule has 2 nitrogen and oxygen atoms in total. The van der Waals surface area contributed by atoms with E-state index in [9.17, 15) is 0 Å². The number of benzene rings is 2. The third-order valence-corrected chi connectivity index (χ3v) is 4.36. The number of fused-ring (bicyclic) bond motifs is 1. The quantitative estimate of drug-likeness (QED) is 0.899. The zero-order chi connectivity index (χ0) is 13.9. The fourth-order valence-corrected chi connectivity index (χ4v) is 3.28. The van der Waals surface area contributed by atoms with Crippen molar-refractivity contribution in [2.24, 2.45) is 5.92 Å². The van der Waals surface area contributed by atoms with Crippen molar-refractivity contribution in [3.63, 3.8) is 0 Å². The van der Waals surface area contributed by atoms with E-state index in [1.807, 2.05) is 24.3 Å². The van der Waals surface area contributed by atoms with Crippen LogP contribution in [0.5, 0.6) is 5.75 Å². The molecule has 3 rings (SSSR count). The van der Waals surface area contributed by atoms with E-state index < -0.39 is 0 Å². The van der Waals surface area contributed by atoms with Gasteiger partial charge in [0, 0.05) is 23.2 Å². The van der Waals surface area contributed by atoms with E-state index >= 15 is 0 Å². The first-order valence-corrected chi connectivity index (χ1v) is 7.71. The summed E-state index contributed by atoms with van der Waals surface area (Å²) in [7, 11) is 0. The van der Waals surface area contributed by atoms with Crippen molar-refractivity contribution in [2.75, 3.05) is 19.7 Å². The molecule has 106 valence electrons. The Labute approximate surface area is 129 Å². The fourth-order valence-electron chi connectivity index (χ4n) is 2.69. The minimum Gasteiger partial charge on any atom is -0.491 e. The molecule has 0 radical (unpaired) electrons. The van der Waals surface area contributed by atoms with E-state index in [-0.39, 0.29) is 0 Å². The van der Waals surface area contributed by atoms with E-state index in [1.54, 1.807) is 6.07 Å². The number of hydrogen-bond acceptors (Lipinski definition) is 2. The summed E-state index contributed by atoms with van der Waals surface area (Å²) in [6.45, 7) is 2.82. The molecule has 2 aromatic rings. The lowest BCUT2D eigenvalue weighted by atomic mass is 10.0. The molecule has 4 heteroatoms. The first-order chi connectivity index (χ1) is 9.75. The Kier molecular flexibility index (Phi) is 4.35. The van der Waals surface area contributed by atoms with Crippen LogP contribution in [0.3, 0.4) is 0 Å². The van der Waals surface area contributed by atoms with Crippen LogP contribution in [-0.2, 0) is 0 Å². The molecule has 1 saturated heterocycles. The van der Waals surface area contributed by atoms with Crippen LogP contribution in [0.15, 0.2) is 30.3 Å². The van der Waals surface area contributed by atoms with E-state index in [0.29, 0.717) is 22.6 Å². The summed E-state index contributed by atoms with van der Waals surface area (Å²) in [5, 5.41) is 6.61. The number of rotatable bonds is 3. The van der Waals surface area contributed by atoms with Gasteiger partial charge >= 0.3 is 0 Å². The van der Waals surface area contributed by atoms with E-state index in [1.165, 1.54) is 12.8 Å². The van der Waals surface area contributed by atoms with Crippen molar-refractivity contribution in [3.8, 4) is 5.75 Å². The zero-order valence-electron chi connectivity index (χ0n) is 11.2. The molecule has 1 aliphatic rings. The fraction of sp³-hybridized carbons (Fsp3) is 0.375. The lowest BCUT2D eigenvalue weighted by molar-refractivity contribution is 0.220. The van der Waals surface area contributed by atoms with E-state index in [4.69, 9.17) is 27.9 Å². The number of halogens is 2. The molecule has 1 aliphatic heterocycles. The molecule has 2 aromatic carbocycles. The third kappa shape index (κ3) is 2.88. The van der Waals surface area contributed by atoms with Gasteiger partial charge < -0.3 is 10.1 Å². The number of piperidine rings is 1. The second-order valence-corrected chi connectivity index (χ2v) is 6.05. The topological polar surface area (TPSA) is 21.3 Å². The van der Waals surface area contributed by atoms with Gasteiger partial charge in [-0.25, -0.2) is 0 Å². The van der Waals surface area contributed by atoms with Gasteiger partial charge in [-0.2, -0.15) is 0 Å². The Balaban J connectivity index is 1.86. The minimum absolute atomic E-state index is 0.550. The maximum atomic E-state index is 6.30. The predicted octanol–water partition coefficient (Wildman–Crippen LogP) is 4.53. The summed E-state index contributed by atoms with van der Waals surface area (Å²) in [6.07, 6.45) is 2.42. The molecule has 1 atom stereocenters. The number of ether oxygens (including phenoxy) is 1. The van der Waals surface area contributed by atoms with Crippen LogP contribution in [0.2, 0.25) is 10.0 Å². The molecule has 0 saturated carbocycles. The average Bonchev–Trinajstić information content (AvgIpc) is 2.48. The maximum Gasteiger partial charge on any atom is 0.145 e. The average molecular weight is 310 g/mol. The Morgan fingerprint density at radius 2 is 1.95 bits per heavy atom. The summed E-state index contributed by atoms with van der Waals surface area (Å²) in [5.74, 6) is 1.30. The lowest BCUT2D eigenvalue weighted by Gasteiger charge is -2.23. The predicted molar refractivity (Wildman–Crippen MR) is 85.1 cm³/mol. The highest BCUT2D eigenvalue weighted by atomic mass is 35.5. The van der Waals surface area contributed by atoms with Crippen molar-refractivity contribution < 1.29 is 4.74 Å². The molecule has 0 amide bonds. The van der Waals surface area contributed by atoms with Gasteiger partial charge in [-0.05, 0) is 25.5 Å². The van der Waals surface area contributed by atoms with E-state index in [2.05, 4.69) is 5.32 Å². The van der Waals surface area contributed by atoms with Crippen molar-refractivity contribution in [1.29, 1.82) is 0 Å². The number of nitrogens with one attached hydrogen (secondary N) is 1. The molecule has 20 heavy (non-hydrogen) atoms. The Hall–Kier alpha value is -0.960. The Bertz CT molecular complexity index is 609. The monoisotopic (exact) mass is 309 g/mol. The van der Waals surface area contributed by atoms with Crippen LogP contribution in [0, 0.1) is 5.92 Å². The summed E-state index contributed by atoms with van der Waals surface area (Å²) >= 11 is 12.5. The Morgan fingerprint density at radius 3 is 2.70 bits per heavy atom. The molecule has 0 aromatic heterocycles. The second-order valence-electron chi connectivity index (χ2n) is 5.24. The van der Waals surface area contributed by atoms with E-state index in [0.717, 1.165) is 29.6 Å². The standard InChI is InChI=1S/C16H17Cl2NO/c17-14-8-15(18)16(13-6-2-1-5-12(13)14)20-10-11-4-3-7-19-9-11/h1-2,5-6,8,11,19H,3-4,7,9-10H2. The summed E-state index contributed by atoms with van der Waals surface area (Å²) in [4.78, 5) is 0. The van der Waals surface area contributed by atoms with Gasteiger partial charge in [0.2, 0.25) is 0 Å². The summed E-state index contributed by atoms with van der Waals surface area (Å²) in [6, 6.07) is 9.70. The Morgan fingerprint density at radius 1 is 1.15 bits per heavy atom. The summed E-state index contributed by atoms with van der Waals surface area (Å²) in [5.41, 5.74) is 0. The SMILES string of the molecule is Clc1cc(Cl)c2ccccc2c1OCC1CCCNC1. The van der Waals surface area contributed by atoms with Crippen LogP contribution in [0.4, 0.5) is 0 Å². The van der Waals surface area contributed by atoms with Gasteiger partial charge in [0.25, 0.3) is 0 Å². The van der Waals surface area contributed by atoms with Crippen molar-refractivity contribution in [2.45, 2.75) is 12.8 Å². The molecule has 0 bridgehead atoms. The van der Waals surface area contributed by atoms with Crippen molar-refractivity contribution >= 4 is 34.0 Å². The lowest BCUT2D eigenvalue weighted by Crippen LogP contribution is -2.33. The first-order valence-electron chi connectivity index (χ1n) is 6.96. The van der Waals surface area contributed by atoms with Gasteiger partial charge in [-0.15, -0.1) is 0 Å². The van der Waals surface area contributed by atoms with Crippen LogP contribution >= 0.6 is 23.2 Å². The smallest absolute Gasteiger partial charge is 0.145 e. The maximum absolute atomic E-state index is 6.30. The molecule has 1 heterocycles. The first kappa shape index (κ1) is 14.0. The van der Waals surface area contributed by atoms with Crippen molar-refractivity contribution in [3.05, 3.63) is 40.4 Å². The highest BCUT2D eigenvalue weighted by Crippen LogP contribution is 2.38. The van der Waals surface area contributed by atoms with Gasteiger partial charge in [-0.3, -0.25) is 0 Å². The molecule has 1 N–H and O–H groups in total. The third-order valence-electron chi connectivity index (χ3n) is 3.76. The highest BCUT2D eigenvalue weighted by Gasteiger charge is 2.16. The van der Waals surface area contributed by atoms with Crippen LogP contribution in [0.25, 0.3) is 10.8 Å². The largest absolute Gasteiger partial charge is 0.491 e. The molecule has 0 spiro atoms. The van der Waals surface area contributed by atoms with Gasteiger partial charge in [-0.1, -0.05) is 47.5 Å². The van der Waals surface area contributed by atoms with Gasteiger partial charge in [0.1, 0.15) is 5.75 Å². The molecular weight excluding hydrogens is 293 g/mol. The van der Waals surface area contributed by atoms with Crippen LogP contribution < -0.4 is 10.1 Å². The summed E-state index contributed by atoms with van der Waals surface area (Å²) < 4.78 is 6.01. The highest BCUT2D eigenvalue weighted by molar-refractivity contribution is 6.39. The van der Waals surface area contributed by atoms with Crippen LogP contribution in [0.1, 0.15) is 12.8 Å². The second kappa shape index (κ2) is 6.21. The molecular formula is C16H17Cl2NO. The van der Waals surface area contributed by atoms with Crippen molar-refractivity contribution in [1.82, 2.24) is 5.32 Å². The molecule has 1 fully saturated rings.